The van der Waals surface area contributed by atoms with Gasteiger partial charge in [-0.25, -0.2) is 13.6 Å². The number of aromatic nitrogens is 3. The molecule has 0 saturated carbocycles. The third-order valence-electron chi connectivity index (χ3n) is 9.14. The fourth-order valence-corrected chi connectivity index (χ4v) is 6.71. The highest BCUT2D eigenvalue weighted by Gasteiger charge is 2.35. The Bertz CT molecular complexity index is 1720. The van der Waals surface area contributed by atoms with E-state index in [1.807, 2.05) is 42.5 Å². The lowest BCUT2D eigenvalue weighted by molar-refractivity contribution is 0.000704. The fourth-order valence-electron chi connectivity index (χ4n) is 6.71. The molecule has 1 N–H and O–H groups in total. The van der Waals surface area contributed by atoms with Gasteiger partial charge >= 0.3 is 6.09 Å². The average molecular weight is 648 g/mol. The van der Waals surface area contributed by atoms with Crippen molar-refractivity contribution < 1.29 is 28.2 Å². The van der Waals surface area contributed by atoms with Gasteiger partial charge in [0.1, 0.15) is 29.6 Å². The van der Waals surface area contributed by atoms with E-state index in [2.05, 4.69) is 15.0 Å². The maximum atomic E-state index is 16.3. The van der Waals surface area contributed by atoms with Gasteiger partial charge in [-0.15, -0.1) is 0 Å². The molecule has 2 unspecified atom stereocenters. The smallest absolute Gasteiger partial charge is 0.410 e. The number of fused-ring (bicyclic) bond motifs is 1. The SMILES string of the molecule is Cn1nc(-c2ccc(O)nc2OCc2ccccc2)c2ccc(C3CCN(CC4CCN(C(=O)OC(C)(C)C)CC4F)CC3)c(F)c21. The van der Waals surface area contributed by atoms with Crippen LogP contribution in [0.15, 0.2) is 54.6 Å². The van der Waals surface area contributed by atoms with Crippen molar-refractivity contribution in [1.29, 1.82) is 0 Å². The van der Waals surface area contributed by atoms with Gasteiger partial charge in [0, 0.05) is 37.5 Å². The Morgan fingerprint density at radius 3 is 2.47 bits per heavy atom. The van der Waals surface area contributed by atoms with Crippen molar-refractivity contribution in [3.63, 3.8) is 0 Å². The number of carbonyl (C=O) groups is 1. The summed E-state index contributed by atoms with van der Waals surface area (Å²) in [5.74, 6) is -0.368. The van der Waals surface area contributed by atoms with Crippen molar-refractivity contribution in [3.8, 4) is 23.0 Å². The van der Waals surface area contributed by atoms with Crippen LogP contribution in [0.1, 0.15) is 57.1 Å². The van der Waals surface area contributed by atoms with Gasteiger partial charge in [0.25, 0.3) is 0 Å². The van der Waals surface area contributed by atoms with Gasteiger partial charge in [-0.1, -0.05) is 42.5 Å². The van der Waals surface area contributed by atoms with Gasteiger partial charge in [-0.3, -0.25) is 4.68 Å². The van der Waals surface area contributed by atoms with E-state index >= 15 is 8.78 Å². The average Bonchev–Trinajstić information content (AvgIpc) is 3.38. The molecule has 2 aromatic heterocycles. The summed E-state index contributed by atoms with van der Waals surface area (Å²) < 4.78 is 44.4. The van der Waals surface area contributed by atoms with Crippen molar-refractivity contribution in [1.82, 2.24) is 24.6 Å². The first-order valence-electron chi connectivity index (χ1n) is 16.3. The third-order valence-corrected chi connectivity index (χ3v) is 9.14. The summed E-state index contributed by atoms with van der Waals surface area (Å²) >= 11 is 0. The molecule has 2 atom stereocenters. The van der Waals surface area contributed by atoms with E-state index in [-0.39, 0.29) is 42.6 Å². The van der Waals surface area contributed by atoms with Gasteiger partial charge in [0.05, 0.1) is 12.1 Å². The topological polar surface area (TPSA) is 93.0 Å². The summed E-state index contributed by atoms with van der Waals surface area (Å²) in [5, 5.41) is 15.4. The van der Waals surface area contributed by atoms with Crippen molar-refractivity contribution in [2.75, 3.05) is 32.7 Å². The molecule has 4 heterocycles. The summed E-state index contributed by atoms with van der Waals surface area (Å²) in [6, 6.07) is 16.6. The van der Waals surface area contributed by atoms with Crippen LogP contribution in [0, 0.1) is 11.7 Å². The first-order valence-corrected chi connectivity index (χ1v) is 16.3. The summed E-state index contributed by atoms with van der Waals surface area (Å²) in [6.45, 7) is 8.33. The standard InChI is InChI=1S/C36H43F2N5O4/c1-36(2,3)47-35(45)43-19-16-25(29(37)21-43)20-42-17-14-24(15-18-42)26-10-11-27-32(40-41(4)33(27)31(26)38)28-12-13-30(44)39-34(28)46-22-23-8-6-5-7-9-23/h5-13,24-25,29H,14-22H2,1-4H3,(H,39,44). The van der Waals surface area contributed by atoms with Crippen LogP contribution in [0.4, 0.5) is 13.6 Å². The monoisotopic (exact) mass is 647 g/mol. The lowest BCUT2D eigenvalue weighted by Gasteiger charge is -2.39. The molecule has 47 heavy (non-hydrogen) atoms. The number of alkyl halides is 1. The summed E-state index contributed by atoms with van der Waals surface area (Å²) in [4.78, 5) is 20.4. The Balaban J connectivity index is 1.12. The zero-order valence-electron chi connectivity index (χ0n) is 27.5. The maximum absolute atomic E-state index is 16.3. The molecule has 250 valence electrons. The van der Waals surface area contributed by atoms with Crippen LogP contribution in [-0.4, -0.2) is 80.3 Å². The zero-order chi connectivity index (χ0) is 33.3. The molecule has 2 aliphatic rings. The van der Waals surface area contributed by atoms with E-state index in [1.165, 1.54) is 11.0 Å². The number of pyridine rings is 1. The number of hydrogen-bond donors (Lipinski definition) is 1. The highest BCUT2D eigenvalue weighted by atomic mass is 19.1. The Labute approximate surface area is 274 Å². The number of likely N-dealkylation sites (tertiary alicyclic amines) is 2. The van der Waals surface area contributed by atoms with Crippen molar-refractivity contribution in [3.05, 3.63) is 71.5 Å². The number of nitrogens with zero attached hydrogens (tertiary/aromatic N) is 5. The zero-order valence-corrected chi connectivity index (χ0v) is 27.5. The van der Waals surface area contributed by atoms with E-state index in [0.717, 1.165) is 31.5 Å². The molecule has 4 aromatic rings. The summed E-state index contributed by atoms with van der Waals surface area (Å²) in [5.41, 5.74) is 2.48. The van der Waals surface area contributed by atoms with Crippen LogP contribution >= 0.6 is 0 Å². The van der Waals surface area contributed by atoms with E-state index in [1.54, 1.807) is 38.6 Å². The molecule has 2 aliphatic heterocycles. The Morgan fingerprint density at radius 1 is 1.02 bits per heavy atom. The molecular weight excluding hydrogens is 604 g/mol. The summed E-state index contributed by atoms with van der Waals surface area (Å²) in [7, 11) is 1.72. The predicted molar refractivity (Wildman–Crippen MR) is 176 cm³/mol. The minimum absolute atomic E-state index is 0.0318. The summed E-state index contributed by atoms with van der Waals surface area (Å²) in [6.07, 6.45) is 0.543. The lowest BCUT2D eigenvalue weighted by Crippen LogP contribution is -2.50. The Hall–Kier alpha value is -4.25. The molecule has 0 radical (unpaired) electrons. The number of aromatic hydroxyl groups is 1. The first-order chi connectivity index (χ1) is 22.5. The number of hydrogen-bond acceptors (Lipinski definition) is 7. The molecule has 2 aromatic carbocycles. The minimum atomic E-state index is -1.11. The molecule has 2 saturated heterocycles. The number of aryl methyl sites for hydroxylation is 1. The van der Waals surface area contributed by atoms with Crippen LogP contribution in [0.3, 0.4) is 0 Å². The molecule has 0 spiro atoms. The second-order valence-electron chi connectivity index (χ2n) is 13.7. The number of amides is 1. The highest BCUT2D eigenvalue weighted by molar-refractivity contribution is 5.95. The molecule has 1 amide bonds. The molecular formula is C36H43F2N5O4. The van der Waals surface area contributed by atoms with Crippen LogP contribution in [0.2, 0.25) is 0 Å². The van der Waals surface area contributed by atoms with Gasteiger partial charge < -0.3 is 24.4 Å². The van der Waals surface area contributed by atoms with Crippen molar-refractivity contribution in [2.45, 2.75) is 64.3 Å². The molecule has 2 fully saturated rings. The van der Waals surface area contributed by atoms with Gasteiger partial charge in [-0.05, 0) is 76.2 Å². The van der Waals surface area contributed by atoms with Crippen LogP contribution in [-0.2, 0) is 18.4 Å². The molecule has 6 rings (SSSR count). The molecule has 9 nitrogen and oxygen atoms in total. The minimum Gasteiger partial charge on any atom is -0.493 e. The molecule has 0 bridgehead atoms. The molecule has 0 aliphatic carbocycles. The fraction of sp³-hybridized carbons (Fsp3) is 0.472. The van der Waals surface area contributed by atoms with Crippen LogP contribution < -0.4 is 4.74 Å². The quantitative estimate of drug-likeness (QED) is 0.235. The maximum Gasteiger partial charge on any atom is 0.410 e. The second kappa shape index (κ2) is 13.5. The van der Waals surface area contributed by atoms with Gasteiger partial charge in [0.2, 0.25) is 11.8 Å². The van der Waals surface area contributed by atoms with E-state index in [0.29, 0.717) is 47.2 Å². The largest absolute Gasteiger partial charge is 0.493 e. The number of rotatable bonds is 7. The van der Waals surface area contributed by atoms with E-state index < -0.39 is 17.9 Å². The number of carbonyl (C=O) groups excluding carboxylic acids is 1. The second-order valence-corrected chi connectivity index (χ2v) is 13.7. The number of piperidine rings is 2. The van der Waals surface area contributed by atoms with Gasteiger partial charge in [-0.2, -0.15) is 10.1 Å². The van der Waals surface area contributed by atoms with E-state index in [4.69, 9.17) is 9.47 Å². The number of ether oxygens (including phenoxy) is 2. The number of halogens is 2. The molecule has 11 heteroatoms. The van der Waals surface area contributed by atoms with Crippen LogP contribution in [0.25, 0.3) is 22.2 Å². The first kappa shape index (κ1) is 32.7. The van der Waals surface area contributed by atoms with Crippen molar-refractivity contribution in [2.24, 2.45) is 13.0 Å². The highest BCUT2D eigenvalue weighted by Crippen LogP contribution is 2.39. The Morgan fingerprint density at radius 2 is 1.77 bits per heavy atom. The Kier molecular flexibility index (Phi) is 9.36. The van der Waals surface area contributed by atoms with Gasteiger partial charge in [0.15, 0.2) is 5.82 Å². The number of benzene rings is 2. The predicted octanol–water partition coefficient (Wildman–Crippen LogP) is 6.83. The normalized spacial score (nSPS) is 19.7. The van der Waals surface area contributed by atoms with Crippen LogP contribution in [0.5, 0.6) is 11.8 Å². The third kappa shape index (κ3) is 7.35. The lowest BCUT2D eigenvalue weighted by atomic mass is 9.87. The van der Waals surface area contributed by atoms with Crippen molar-refractivity contribution >= 4 is 17.0 Å². The van der Waals surface area contributed by atoms with E-state index in [9.17, 15) is 9.90 Å².